The Kier molecular flexibility index (Phi) is 4.23. The summed E-state index contributed by atoms with van der Waals surface area (Å²) >= 11 is 0. The van der Waals surface area contributed by atoms with Crippen molar-refractivity contribution in [2.45, 2.75) is 0 Å². The van der Waals surface area contributed by atoms with Gasteiger partial charge in [-0.05, 0) is 0 Å². The van der Waals surface area contributed by atoms with Gasteiger partial charge in [-0.2, -0.15) is 30.3 Å². The normalized spacial score (nSPS) is 13.6. The Labute approximate surface area is 95.8 Å². The summed E-state index contributed by atoms with van der Waals surface area (Å²) in [6.45, 7) is 0. The molecule has 0 spiro atoms. The van der Waals surface area contributed by atoms with Gasteiger partial charge in [0.15, 0.2) is 0 Å². The van der Waals surface area contributed by atoms with Gasteiger partial charge in [-0.3, -0.25) is 0 Å². The molecule has 0 saturated heterocycles. The monoisotopic (exact) mass is 364 g/mol. The van der Waals surface area contributed by atoms with Gasteiger partial charge in [-0.15, -0.1) is 4.99 Å². The van der Waals surface area contributed by atoms with E-state index in [0.29, 0.717) is 0 Å². The molecule has 0 unspecified atom stereocenters. The first-order valence-electron chi connectivity index (χ1n) is 3.82. The fourth-order valence-corrected chi connectivity index (χ4v) is 0.949. The second-order valence-electron chi connectivity index (χ2n) is 2.37. The molecule has 1 aliphatic rings. The Hall–Kier alpha value is -1.25. The van der Waals surface area contributed by atoms with Gasteiger partial charge in [0.2, 0.25) is 6.40 Å². The Balaban J connectivity index is 0.000000980. The largest absolute Gasteiger partial charge is 0.483 e. The average molecular weight is 363 g/mol. The third-order valence-corrected chi connectivity index (χ3v) is 1.52. The van der Waals surface area contributed by atoms with Crippen molar-refractivity contribution in [3.63, 3.8) is 0 Å². The number of nitrogens with zero attached hydrogens (tertiary/aromatic N) is 2. The van der Waals surface area contributed by atoms with Crippen molar-refractivity contribution in [1.29, 1.82) is 0 Å². The molecule has 1 aromatic rings. The minimum atomic E-state index is 0. The third kappa shape index (κ3) is 2.62. The molecule has 0 aromatic heterocycles. The fourth-order valence-electron chi connectivity index (χ4n) is 0.949. The minimum Gasteiger partial charge on any atom is -0.483 e. The number of hydrogen-bond donors (Lipinski definition) is 0. The summed E-state index contributed by atoms with van der Waals surface area (Å²) in [6.07, 6.45) is 7.33. The molecule has 1 radical (unpaired) electrons. The van der Waals surface area contributed by atoms with Crippen molar-refractivity contribution in [1.82, 2.24) is 0 Å². The van der Waals surface area contributed by atoms with Crippen LogP contribution < -0.4 is 0 Å². The molecule has 0 N–H and O–H groups in total. The average Bonchev–Trinajstić information content (AvgIpc) is 2.47. The van der Waals surface area contributed by atoms with Gasteiger partial charge >= 0.3 is 0 Å². The van der Waals surface area contributed by atoms with Crippen LogP contribution in [0.15, 0.2) is 41.7 Å². The van der Waals surface area contributed by atoms with Crippen LogP contribution in [-0.2, 0) is 24.8 Å². The van der Waals surface area contributed by atoms with E-state index >= 15 is 0 Å². The molecule has 0 aliphatic carbocycles. The minimum absolute atomic E-state index is 0. The summed E-state index contributed by atoms with van der Waals surface area (Å²) < 4.78 is 6.55. The molecule has 2 rings (SSSR count). The SMILES string of the molecule is [C-]1=[N+](c2[c-]cccc2)C=COC=N1.[Ir]. The van der Waals surface area contributed by atoms with Crippen molar-refractivity contribution in [2.75, 3.05) is 0 Å². The summed E-state index contributed by atoms with van der Waals surface area (Å²) in [5, 5.41) is 0. The quantitative estimate of drug-likeness (QED) is 0.549. The van der Waals surface area contributed by atoms with Crippen molar-refractivity contribution in [3.05, 3.63) is 42.8 Å². The van der Waals surface area contributed by atoms with E-state index in [4.69, 9.17) is 4.74 Å². The predicted molar refractivity (Wildman–Crippen MR) is 48.9 cm³/mol. The predicted octanol–water partition coefficient (Wildman–Crippen LogP) is 1.56. The maximum absolute atomic E-state index is 4.86. The molecular weight excluding hydrogens is 356 g/mol. The molecule has 73 valence electrons. The van der Waals surface area contributed by atoms with E-state index in [1.165, 1.54) is 12.7 Å². The zero-order chi connectivity index (χ0) is 8.93. The summed E-state index contributed by atoms with van der Waals surface area (Å²) in [5.74, 6) is 0. The molecule has 0 bridgehead atoms. The van der Waals surface area contributed by atoms with Crippen LogP contribution >= 0.6 is 0 Å². The van der Waals surface area contributed by atoms with E-state index in [-0.39, 0.29) is 20.1 Å². The van der Waals surface area contributed by atoms with E-state index in [1.54, 1.807) is 10.8 Å². The van der Waals surface area contributed by atoms with Crippen LogP contribution in [-0.4, -0.2) is 17.3 Å². The molecule has 0 amide bonds. The van der Waals surface area contributed by atoms with Crippen LogP contribution in [0.2, 0.25) is 0 Å². The van der Waals surface area contributed by atoms with Crippen LogP contribution in [0.5, 0.6) is 0 Å². The summed E-state index contributed by atoms with van der Waals surface area (Å²) in [7, 11) is 0. The van der Waals surface area contributed by atoms with Crippen molar-refractivity contribution in [2.24, 2.45) is 4.99 Å². The standard InChI is InChI=1S/C10H7N2O.Ir/c1-2-4-10(5-3-1)12-6-7-13-9-11-8-12;/h1-4,6-7,9H;/q-1;. The first-order valence-corrected chi connectivity index (χ1v) is 3.82. The second-order valence-corrected chi connectivity index (χ2v) is 2.37. The molecule has 0 fully saturated rings. The van der Waals surface area contributed by atoms with Gasteiger partial charge in [0, 0.05) is 26.3 Å². The number of para-hydroxylation sites is 1. The van der Waals surface area contributed by atoms with Crippen molar-refractivity contribution in [3.8, 4) is 0 Å². The summed E-state index contributed by atoms with van der Waals surface area (Å²) in [4.78, 5) is 3.77. The van der Waals surface area contributed by atoms with E-state index < -0.39 is 0 Å². The Morgan fingerprint density at radius 2 is 2.29 bits per heavy atom. The molecule has 4 heteroatoms. The number of hydrogen-bond acceptors (Lipinski definition) is 2. The van der Waals surface area contributed by atoms with E-state index in [0.717, 1.165) is 5.69 Å². The maximum Gasteiger partial charge on any atom is 0.289 e. The van der Waals surface area contributed by atoms with Crippen LogP contribution in [0.25, 0.3) is 0 Å². The first kappa shape index (κ1) is 10.8. The second kappa shape index (κ2) is 5.47. The van der Waals surface area contributed by atoms with E-state index in [9.17, 15) is 0 Å². The van der Waals surface area contributed by atoms with E-state index in [1.807, 2.05) is 24.3 Å². The fraction of sp³-hybridized carbons (Fsp3) is 0. The maximum atomic E-state index is 4.86. The van der Waals surface area contributed by atoms with Crippen molar-refractivity contribution >= 4 is 18.4 Å². The zero-order valence-electron chi connectivity index (χ0n) is 7.18. The number of benzene rings is 1. The van der Waals surface area contributed by atoms with Gasteiger partial charge in [0.25, 0.3) is 6.34 Å². The summed E-state index contributed by atoms with van der Waals surface area (Å²) in [6, 6.07) is 10.6. The van der Waals surface area contributed by atoms with Crippen molar-refractivity contribution < 1.29 is 29.4 Å². The van der Waals surface area contributed by atoms with Crippen LogP contribution in [0.1, 0.15) is 0 Å². The first-order chi connectivity index (χ1) is 6.47. The number of aliphatic imine (C=N–C) groups is 1. The molecule has 3 nitrogen and oxygen atoms in total. The smallest absolute Gasteiger partial charge is 0.289 e. The molecule has 1 aromatic carbocycles. The Bertz CT molecular complexity index is 371. The van der Waals surface area contributed by atoms with Gasteiger partial charge in [0.05, 0.1) is 6.26 Å². The number of ether oxygens (including phenoxy) is 1. The topological polar surface area (TPSA) is 24.6 Å². The molecule has 14 heavy (non-hydrogen) atoms. The number of rotatable bonds is 1. The Morgan fingerprint density at radius 1 is 1.36 bits per heavy atom. The van der Waals surface area contributed by atoms with Crippen LogP contribution in [0.4, 0.5) is 5.69 Å². The van der Waals surface area contributed by atoms with E-state index in [2.05, 4.69) is 17.4 Å². The van der Waals surface area contributed by atoms with Gasteiger partial charge in [-0.25, -0.2) is 0 Å². The molecule has 0 atom stereocenters. The van der Waals surface area contributed by atoms with Gasteiger partial charge in [0.1, 0.15) is 0 Å². The van der Waals surface area contributed by atoms with Gasteiger partial charge < -0.3 is 9.31 Å². The summed E-state index contributed by atoms with van der Waals surface area (Å²) in [5.41, 5.74) is 0.876. The molecule has 1 aliphatic heterocycles. The molecule has 1 heterocycles. The van der Waals surface area contributed by atoms with Crippen LogP contribution in [0.3, 0.4) is 0 Å². The zero-order valence-corrected chi connectivity index (χ0v) is 9.57. The third-order valence-electron chi connectivity index (χ3n) is 1.52. The Morgan fingerprint density at radius 3 is 3.07 bits per heavy atom. The van der Waals surface area contributed by atoms with Gasteiger partial charge in [-0.1, -0.05) is 5.69 Å². The van der Waals surface area contributed by atoms with Crippen LogP contribution in [0, 0.1) is 6.07 Å². The molecule has 0 saturated carbocycles. The molecular formula is C10H7IrN2O-.